The highest BCUT2D eigenvalue weighted by Crippen LogP contribution is 2.38. The molecule has 0 aliphatic heterocycles. The van der Waals surface area contributed by atoms with Crippen LogP contribution in [0.1, 0.15) is 37.6 Å². The summed E-state index contributed by atoms with van der Waals surface area (Å²) in [7, 11) is -3.17. The molecule has 1 N–H and O–H groups in total. The van der Waals surface area contributed by atoms with E-state index in [1.807, 2.05) is 0 Å². The molecule has 0 amide bonds. The summed E-state index contributed by atoms with van der Waals surface area (Å²) in [5.41, 5.74) is 0.0803. The van der Waals surface area contributed by atoms with Gasteiger partial charge < -0.3 is 5.11 Å². The van der Waals surface area contributed by atoms with Gasteiger partial charge in [-0.1, -0.05) is 19.1 Å². The Bertz CT molecular complexity index is 762. The van der Waals surface area contributed by atoms with Gasteiger partial charge in [0.1, 0.15) is 11.9 Å². The second-order valence-electron chi connectivity index (χ2n) is 5.70. The second-order valence-corrected chi connectivity index (χ2v) is 7.98. The van der Waals surface area contributed by atoms with E-state index in [0.29, 0.717) is 30.1 Å². The van der Waals surface area contributed by atoms with Gasteiger partial charge in [-0.3, -0.25) is 0 Å². The van der Waals surface area contributed by atoms with Gasteiger partial charge in [0.25, 0.3) is 0 Å². The zero-order valence-electron chi connectivity index (χ0n) is 12.4. The third-order valence-corrected chi connectivity index (χ3v) is 5.89. The highest BCUT2D eigenvalue weighted by Gasteiger charge is 2.39. The fourth-order valence-electron chi connectivity index (χ4n) is 2.48. The topological polar surface area (TPSA) is 85.1 Å². The first-order valence-corrected chi connectivity index (χ1v) is 9.02. The van der Waals surface area contributed by atoms with E-state index in [0.717, 1.165) is 12.0 Å². The van der Waals surface area contributed by atoms with Crippen molar-refractivity contribution in [3.8, 4) is 0 Å². The van der Waals surface area contributed by atoms with Crippen LogP contribution in [0.4, 0.5) is 0 Å². The average molecular weight is 321 g/mol. The van der Waals surface area contributed by atoms with Crippen molar-refractivity contribution in [3.63, 3.8) is 0 Å². The number of hydrogen-bond donors (Lipinski definition) is 1. The van der Waals surface area contributed by atoms with E-state index in [4.69, 9.17) is 0 Å². The second kappa shape index (κ2) is 5.48. The molecule has 7 heteroatoms. The summed E-state index contributed by atoms with van der Waals surface area (Å²) in [6.45, 7) is 2.13. The Morgan fingerprint density at radius 3 is 2.50 bits per heavy atom. The number of nitrogens with zero attached hydrogens (tertiary/aromatic N) is 3. The van der Waals surface area contributed by atoms with Gasteiger partial charge in [-0.25, -0.2) is 18.1 Å². The molecule has 0 radical (unpaired) electrons. The van der Waals surface area contributed by atoms with Crippen molar-refractivity contribution in [1.82, 2.24) is 14.8 Å². The minimum Gasteiger partial charge on any atom is -0.382 e. The number of sulfone groups is 1. The molecule has 1 aliphatic carbocycles. The van der Waals surface area contributed by atoms with Gasteiger partial charge in [-0.05, 0) is 37.0 Å². The number of benzene rings is 1. The first kappa shape index (κ1) is 15.2. The molecule has 22 heavy (non-hydrogen) atoms. The quantitative estimate of drug-likeness (QED) is 0.902. The van der Waals surface area contributed by atoms with E-state index < -0.39 is 15.4 Å². The van der Waals surface area contributed by atoms with Crippen molar-refractivity contribution in [3.05, 3.63) is 42.0 Å². The zero-order chi connectivity index (χ0) is 15.8. The maximum Gasteiger partial charge on any atom is 0.182 e. The monoisotopic (exact) mass is 321 g/mol. The molecular weight excluding hydrogens is 302 g/mol. The minimum absolute atomic E-state index is 0.0946. The van der Waals surface area contributed by atoms with Crippen LogP contribution in [0.3, 0.4) is 0 Å². The van der Waals surface area contributed by atoms with Crippen LogP contribution in [0, 0.1) is 0 Å². The molecule has 1 aromatic heterocycles. The number of aliphatic hydroxyl groups is 1. The van der Waals surface area contributed by atoms with Crippen molar-refractivity contribution in [2.24, 2.45) is 0 Å². The van der Waals surface area contributed by atoms with E-state index >= 15 is 0 Å². The number of aromatic nitrogens is 3. The third-order valence-electron chi connectivity index (χ3n) is 4.14. The van der Waals surface area contributed by atoms with E-state index in [9.17, 15) is 13.5 Å². The van der Waals surface area contributed by atoms with Crippen molar-refractivity contribution in [1.29, 1.82) is 0 Å². The highest BCUT2D eigenvalue weighted by atomic mass is 32.2. The maximum atomic E-state index is 11.8. The zero-order valence-corrected chi connectivity index (χ0v) is 13.3. The highest BCUT2D eigenvalue weighted by molar-refractivity contribution is 7.91. The van der Waals surface area contributed by atoms with Gasteiger partial charge in [0.2, 0.25) is 0 Å². The molecule has 1 heterocycles. The summed E-state index contributed by atoms with van der Waals surface area (Å²) in [5, 5.41) is 14.5. The Morgan fingerprint density at radius 1 is 1.27 bits per heavy atom. The Kier molecular flexibility index (Phi) is 3.78. The minimum atomic E-state index is -3.17. The van der Waals surface area contributed by atoms with Crippen LogP contribution in [0.15, 0.2) is 35.5 Å². The van der Waals surface area contributed by atoms with Crippen LogP contribution < -0.4 is 0 Å². The molecule has 1 fully saturated rings. The van der Waals surface area contributed by atoms with Gasteiger partial charge in [0, 0.05) is 0 Å². The summed E-state index contributed by atoms with van der Waals surface area (Å²) < 4.78 is 25.2. The first-order valence-electron chi connectivity index (χ1n) is 7.37. The fraction of sp³-hybridized carbons (Fsp3) is 0.467. The molecule has 118 valence electrons. The third kappa shape index (κ3) is 2.78. The molecular formula is C15H19N3O3S. The molecule has 1 aliphatic rings. The summed E-state index contributed by atoms with van der Waals surface area (Å²) in [5.74, 6) is 0.570. The summed E-state index contributed by atoms with van der Waals surface area (Å²) in [4.78, 5) is 4.52. The first-order chi connectivity index (χ1) is 10.4. The lowest BCUT2D eigenvalue weighted by molar-refractivity contribution is -0.0467. The molecule has 0 atom stereocenters. The Balaban J connectivity index is 1.74. The van der Waals surface area contributed by atoms with E-state index in [2.05, 4.69) is 10.1 Å². The van der Waals surface area contributed by atoms with Crippen LogP contribution in [0.2, 0.25) is 0 Å². The Labute approximate surface area is 129 Å². The van der Waals surface area contributed by atoms with Crippen molar-refractivity contribution in [2.75, 3.05) is 5.75 Å². The van der Waals surface area contributed by atoms with Gasteiger partial charge in [0.15, 0.2) is 15.7 Å². The van der Waals surface area contributed by atoms with E-state index in [1.165, 1.54) is 0 Å². The number of hydrogen-bond acceptors (Lipinski definition) is 5. The van der Waals surface area contributed by atoms with E-state index in [1.54, 1.807) is 42.2 Å². The summed E-state index contributed by atoms with van der Waals surface area (Å²) >= 11 is 0. The standard InChI is InChI=1S/C15H19N3O3S/c1-2-22(20,21)13-6-4-12(5-7-13)10-18-11-16-14(17-18)15(19)8-3-9-15/h4-7,11,19H,2-3,8-10H2,1H3. The fourth-order valence-corrected chi connectivity index (χ4v) is 3.36. The van der Waals surface area contributed by atoms with E-state index in [-0.39, 0.29) is 5.75 Å². The average Bonchev–Trinajstić information content (AvgIpc) is 2.94. The van der Waals surface area contributed by atoms with Gasteiger partial charge >= 0.3 is 0 Å². The molecule has 1 saturated carbocycles. The lowest BCUT2D eigenvalue weighted by Gasteiger charge is -2.33. The lowest BCUT2D eigenvalue weighted by Crippen LogP contribution is -2.35. The van der Waals surface area contributed by atoms with Gasteiger partial charge in [-0.15, -0.1) is 0 Å². The lowest BCUT2D eigenvalue weighted by atomic mass is 9.80. The largest absolute Gasteiger partial charge is 0.382 e. The summed E-state index contributed by atoms with van der Waals surface area (Å²) in [6.07, 6.45) is 4.02. The van der Waals surface area contributed by atoms with Crippen LogP contribution in [0.5, 0.6) is 0 Å². The molecule has 2 aromatic rings. The molecule has 6 nitrogen and oxygen atoms in total. The number of rotatable bonds is 5. The SMILES string of the molecule is CCS(=O)(=O)c1ccc(Cn2cnc(C3(O)CCC3)n2)cc1. The Hall–Kier alpha value is -1.73. The van der Waals surface area contributed by atoms with Crippen molar-refractivity contribution in [2.45, 2.75) is 43.2 Å². The van der Waals surface area contributed by atoms with Crippen molar-refractivity contribution >= 4 is 9.84 Å². The molecule has 3 rings (SSSR count). The van der Waals surface area contributed by atoms with Crippen LogP contribution in [-0.4, -0.2) is 34.0 Å². The molecule has 0 bridgehead atoms. The molecule has 0 saturated heterocycles. The van der Waals surface area contributed by atoms with Crippen LogP contribution >= 0.6 is 0 Å². The van der Waals surface area contributed by atoms with Crippen molar-refractivity contribution < 1.29 is 13.5 Å². The van der Waals surface area contributed by atoms with Crippen LogP contribution in [0.25, 0.3) is 0 Å². The summed E-state index contributed by atoms with van der Waals surface area (Å²) in [6, 6.07) is 6.79. The molecule has 1 aromatic carbocycles. The maximum absolute atomic E-state index is 11.8. The van der Waals surface area contributed by atoms with Gasteiger partial charge in [-0.2, -0.15) is 5.10 Å². The Morgan fingerprint density at radius 2 is 1.95 bits per heavy atom. The van der Waals surface area contributed by atoms with Crippen LogP contribution in [-0.2, 0) is 22.0 Å². The van der Waals surface area contributed by atoms with Gasteiger partial charge in [0.05, 0.1) is 17.2 Å². The molecule has 0 spiro atoms. The smallest absolute Gasteiger partial charge is 0.182 e. The predicted octanol–water partition coefficient (Wildman–Crippen LogP) is 1.49. The predicted molar refractivity (Wildman–Crippen MR) is 81.0 cm³/mol. The molecule has 0 unspecified atom stereocenters. The normalized spacial score (nSPS) is 17.2.